The first kappa shape index (κ1) is 19.9. The van der Waals surface area contributed by atoms with E-state index in [1.165, 1.54) is 12.0 Å². The maximum absolute atomic E-state index is 12.7. The van der Waals surface area contributed by atoms with Crippen LogP contribution >= 0.6 is 0 Å². The lowest BCUT2D eigenvalue weighted by atomic mass is 10.1. The number of likely N-dealkylation sites (N-methyl/N-ethyl adjacent to an activating group) is 2. The number of fused-ring (bicyclic) bond motifs is 1. The lowest BCUT2D eigenvalue weighted by molar-refractivity contribution is 0.130. The number of para-hydroxylation sites is 1. The molecular formula is C21H32N4O2. The van der Waals surface area contributed by atoms with Gasteiger partial charge >= 0.3 is 6.09 Å². The fourth-order valence-corrected chi connectivity index (χ4v) is 3.60. The van der Waals surface area contributed by atoms with Gasteiger partial charge in [0.05, 0.1) is 5.52 Å². The summed E-state index contributed by atoms with van der Waals surface area (Å²) in [5, 5.41) is 1.13. The maximum Gasteiger partial charge on any atom is 0.418 e. The highest BCUT2D eigenvalue weighted by atomic mass is 16.5. The van der Waals surface area contributed by atoms with E-state index in [9.17, 15) is 4.79 Å². The molecule has 0 aliphatic carbocycles. The molecule has 0 spiro atoms. The van der Waals surface area contributed by atoms with Crippen LogP contribution in [0.3, 0.4) is 0 Å². The minimum absolute atomic E-state index is 0.283. The molecule has 0 N–H and O–H groups in total. The Kier molecular flexibility index (Phi) is 6.88. The Morgan fingerprint density at radius 3 is 2.78 bits per heavy atom. The Morgan fingerprint density at radius 2 is 1.96 bits per heavy atom. The first-order valence-corrected chi connectivity index (χ1v) is 9.86. The summed E-state index contributed by atoms with van der Waals surface area (Å²) in [5.41, 5.74) is 2.11. The van der Waals surface area contributed by atoms with Crippen LogP contribution in [0.5, 0.6) is 0 Å². The van der Waals surface area contributed by atoms with Gasteiger partial charge in [-0.1, -0.05) is 18.2 Å². The van der Waals surface area contributed by atoms with E-state index in [0.717, 1.165) is 56.6 Å². The lowest BCUT2D eigenvalue weighted by Crippen LogP contribution is -2.32. The van der Waals surface area contributed by atoms with E-state index >= 15 is 0 Å². The standard InChI is InChI=1S/C21H32N4O2/c1-22(2)12-9-18-17-25(20-8-5-4-7-19(18)20)21(26)27-16-15-24-11-6-10-23(3)13-14-24/h4-5,7-8,17H,6,9-16H2,1-3H3. The van der Waals surface area contributed by atoms with Gasteiger partial charge in [-0.15, -0.1) is 0 Å². The molecular weight excluding hydrogens is 340 g/mol. The van der Waals surface area contributed by atoms with Gasteiger partial charge in [0.2, 0.25) is 0 Å². The molecule has 0 radical (unpaired) electrons. The molecule has 3 rings (SSSR count). The zero-order valence-electron chi connectivity index (χ0n) is 16.9. The molecule has 0 atom stereocenters. The van der Waals surface area contributed by atoms with Crippen molar-refractivity contribution in [1.29, 1.82) is 0 Å². The van der Waals surface area contributed by atoms with Gasteiger partial charge in [-0.2, -0.15) is 0 Å². The fourth-order valence-electron chi connectivity index (χ4n) is 3.60. The van der Waals surface area contributed by atoms with E-state index in [1.807, 2.05) is 24.4 Å². The van der Waals surface area contributed by atoms with Gasteiger partial charge in [0.25, 0.3) is 0 Å². The Labute approximate surface area is 162 Å². The average molecular weight is 373 g/mol. The lowest BCUT2D eigenvalue weighted by Gasteiger charge is -2.19. The normalized spacial score (nSPS) is 16.7. The number of nitrogens with zero attached hydrogens (tertiary/aromatic N) is 4. The van der Waals surface area contributed by atoms with E-state index in [0.29, 0.717) is 6.61 Å². The third-order valence-corrected chi connectivity index (χ3v) is 5.26. The Morgan fingerprint density at radius 1 is 1.15 bits per heavy atom. The van der Waals surface area contributed by atoms with E-state index in [-0.39, 0.29) is 6.09 Å². The minimum Gasteiger partial charge on any atom is -0.448 e. The largest absolute Gasteiger partial charge is 0.448 e. The van der Waals surface area contributed by atoms with E-state index in [2.05, 4.69) is 41.9 Å². The predicted octanol–water partition coefficient (Wildman–Crippen LogP) is 2.37. The zero-order chi connectivity index (χ0) is 19.2. The van der Waals surface area contributed by atoms with E-state index in [1.54, 1.807) is 4.57 Å². The van der Waals surface area contributed by atoms with Crippen LogP contribution < -0.4 is 0 Å². The van der Waals surface area contributed by atoms with Crippen LogP contribution in [0.4, 0.5) is 4.79 Å². The molecule has 1 aromatic heterocycles. The van der Waals surface area contributed by atoms with Crippen LogP contribution in [-0.2, 0) is 11.2 Å². The number of hydrogen-bond acceptors (Lipinski definition) is 5. The molecule has 1 aliphatic heterocycles. The molecule has 1 fully saturated rings. The smallest absolute Gasteiger partial charge is 0.418 e. The summed E-state index contributed by atoms with van der Waals surface area (Å²) < 4.78 is 7.27. The molecule has 2 aromatic rings. The summed E-state index contributed by atoms with van der Waals surface area (Å²) in [6, 6.07) is 8.06. The van der Waals surface area contributed by atoms with E-state index in [4.69, 9.17) is 4.74 Å². The summed E-state index contributed by atoms with van der Waals surface area (Å²) in [6.07, 6.45) is 3.74. The van der Waals surface area contributed by atoms with Crippen molar-refractivity contribution in [2.24, 2.45) is 0 Å². The minimum atomic E-state index is -0.283. The third-order valence-electron chi connectivity index (χ3n) is 5.26. The molecule has 0 unspecified atom stereocenters. The second-order valence-electron chi connectivity index (χ2n) is 7.71. The highest BCUT2D eigenvalue weighted by molar-refractivity contribution is 5.91. The van der Waals surface area contributed by atoms with Crippen LogP contribution in [0, 0.1) is 0 Å². The third kappa shape index (κ3) is 5.31. The number of aromatic nitrogens is 1. The molecule has 1 aromatic carbocycles. The Balaban J connectivity index is 1.61. The number of carbonyl (C=O) groups is 1. The quantitative estimate of drug-likeness (QED) is 0.779. The van der Waals surface area contributed by atoms with Gasteiger partial charge in [-0.25, -0.2) is 4.79 Å². The topological polar surface area (TPSA) is 41.0 Å². The van der Waals surface area contributed by atoms with Crippen molar-refractivity contribution in [2.45, 2.75) is 12.8 Å². The van der Waals surface area contributed by atoms with Crippen molar-refractivity contribution in [3.05, 3.63) is 36.0 Å². The summed E-state index contributed by atoms with van der Waals surface area (Å²) in [6.45, 7) is 6.51. The molecule has 1 saturated heterocycles. The van der Waals surface area contributed by atoms with Crippen molar-refractivity contribution < 1.29 is 9.53 Å². The van der Waals surface area contributed by atoms with Gasteiger partial charge < -0.3 is 14.5 Å². The molecule has 1 aliphatic rings. The van der Waals surface area contributed by atoms with Crippen LogP contribution in [0.2, 0.25) is 0 Å². The fraction of sp³-hybridized carbons (Fsp3) is 0.571. The number of benzene rings is 1. The van der Waals surface area contributed by atoms with Gasteiger partial charge in [0.1, 0.15) is 6.61 Å². The molecule has 27 heavy (non-hydrogen) atoms. The van der Waals surface area contributed by atoms with Crippen molar-refractivity contribution in [2.75, 3.05) is 67.0 Å². The second kappa shape index (κ2) is 9.35. The summed E-state index contributed by atoms with van der Waals surface area (Å²) in [4.78, 5) is 19.6. The summed E-state index contributed by atoms with van der Waals surface area (Å²) >= 11 is 0. The molecule has 6 heteroatoms. The van der Waals surface area contributed by atoms with Crippen LogP contribution in [0.1, 0.15) is 12.0 Å². The zero-order valence-corrected chi connectivity index (χ0v) is 16.9. The molecule has 148 valence electrons. The Hall–Kier alpha value is -1.89. The summed E-state index contributed by atoms with van der Waals surface area (Å²) in [5.74, 6) is 0. The average Bonchev–Trinajstić information content (AvgIpc) is 2.90. The van der Waals surface area contributed by atoms with Crippen LogP contribution in [0.25, 0.3) is 10.9 Å². The predicted molar refractivity (Wildman–Crippen MR) is 109 cm³/mol. The van der Waals surface area contributed by atoms with Gasteiger partial charge in [-0.05, 0) is 58.7 Å². The molecule has 0 amide bonds. The number of ether oxygens (including phenoxy) is 1. The SMILES string of the molecule is CN(C)CCc1cn(C(=O)OCCN2CCCN(C)CC2)c2ccccc12. The van der Waals surface area contributed by atoms with Crippen LogP contribution in [0.15, 0.2) is 30.5 Å². The highest BCUT2D eigenvalue weighted by Crippen LogP contribution is 2.22. The van der Waals surface area contributed by atoms with Gasteiger partial charge in [0, 0.05) is 37.8 Å². The molecule has 0 bridgehead atoms. The first-order chi connectivity index (χ1) is 13.0. The first-order valence-electron chi connectivity index (χ1n) is 9.86. The van der Waals surface area contributed by atoms with Crippen molar-refractivity contribution in [3.63, 3.8) is 0 Å². The summed E-state index contributed by atoms with van der Waals surface area (Å²) in [7, 11) is 6.29. The van der Waals surface area contributed by atoms with Gasteiger partial charge in [-0.3, -0.25) is 9.47 Å². The second-order valence-corrected chi connectivity index (χ2v) is 7.71. The maximum atomic E-state index is 12.7. The molecule has 2 heterocycles. The van der Waals surface area contributed by atoms with Crippen molar-refractivity contribution >= 4 is 17.0 Å². The van der Waals surface area contributed by atoms with Crippen LogP contribution in [-0.4, -0.2) is 92.4 Å². The van der Waals surface area contributed by atoms with Crippen molar-refractivity contribution in [3.8, 4) is 0 Å². The van der Waals surface area contributed by atoms with Gasteiger partial charge in [0.15, 0.2) is 0 Å². The Bertz CT molecular complexity index is 756. The number of hydrogen-bond donors (Lipinski definition) is 0. The van der Waals surface area contributed by atoms with E-state index < -0.39 is 0 Å². The highest BCUT2D eigenvalue weighted by Gasteiger charge is 2.16. The molecule has 0 saturated carbocycles. The van der Waals surface area contributed by atoms with Crippen molar-refractivity contribution in [1.82, 2.24) is 19.3 Å². The monoisotopic (exact) mass is 372 g/mol. The number of carbonyl (C=O) groups excluding carboxylic acids is 1. The molecule has 6 nitrogen and oxygen atoms in total. The number of rotatable bonds is 6.